The van der Waals surface area contributed by atoms with Gasteiger partial charge in [-0.3, -0.25) is 4.79 Å². The lowest BCUT2D eigenvalue weighted by molar-refractivity contribution is -0.122. The van der Waals surface area contributed by atoms with Crippen LogP contribution >= 0.6 is 0 Å². The fourth-order valence-corrected chi connectivity index (χ4v) is 2.36. The Bertz CT molecular complexity index is 692. The molecule has 0 heterocycles. The Labute approximate surface area is 132 Å². The number of hydrogen-bond donors (Lipinski definition) is 1. The topological polar surface area (TPSA) is 38.3 Å². The first-order valence-electron chi connectivity index (χ1n) is 7.49. The minimum atomic E-state index is -0.554. The van der Waals surface area contributed by atoms with Crippen LogP contribution in [0.1, 0.15) is 29.2 Å². The van der Waals surface area contributed by atoms with Gasteiger partial charge in [-0.25, -0.2) is 0 Å². The van der Waals surface area contributed by atoms with Crippen LogP contribution in [0.3, 0.4) is 0 Å². The average Bonchev–Trinajstić information content (AvgIpc) is 2.44. The molecule has 2 aromatic rings. The lowest BCUT2D eigenvalue weighted by Crippen LogP contribution is -2.30. The summed E-state index contributed by atoms with van der Waals surface area (Å²) in [6, 6.07) is 11.9. The summed E-state index contributed by atoms with van der Waals surface area (Å²) in [4.78, 5) is 12.3. The third kappa shape index (κ3) is 3.88. The van der Waals surface area contributed by atoms with Crippen molar-refractivity contribution in [2.24, 2.45) is 0 Å². The van der Waals surface area contributed by atoms with Crippen molar-refractivity contribution in [3.05, 3.63) is 58.7 Å². The zero-order chi connectivity index (χ0) is 16.3. The van der Waals surface area contributed by atoms with Crippen LogP contribution in [-0.2, 0) is 4.79 Å². The van der Waals surface area contributed by atoms with E-state index in [0.29, 0.717) is 0 Å². The highest BCUT2D eigenvalue weighted by Gasteiger charge is 2.16. The van der Waals surface area contributed by atoms with Gasteiger partial charge in [0.2, 0.25) is 0 Å². The number of amides is 1. The highest BCUT2D eigenvalue weighted by molar-refractivity contribution is 5.94. The van der Waals surface area contributed by atoms with Gasteiger partial charge in [-0.05, 0) is 57.9 Å². The van der Waals surface area contributed by atoms with Crippen LogP contribution in [-0.4, -0.2) is 12.0 Å². The number of carbonyl (C=O) groups excluding carboxylic acids is 1. The standard InChI is InChI=1S/C19H23NO2/c1-12-6-8-17(14(3)10-12)20-19(21)16(5)22-18-9-7-13(2)11-15(18)4/h6-11,16H,1-5H3,(H,20,21). The molecule has 1 atom stereocenters. The Hall–Kier alpha value is -2.29. The summed E-state index contributed by atoms with van der Waals surface area (Å²) in [6.07, 6.45) is -0.554. The number of ether oxygens (including phenoxy) is 1. The number of rotatable bonds is 4. The molecule has 0 bridgehead atoms. The van der Waals surface area contributed by atoms with Crippen LogP contribution in [0.2, 0.25) is 0 Å². The number of anilines is 1. The monoisotopic (exact) mass is 297 g/mol. The molecule has 0 spiro atoms. The first kappa shape index (κ1) is 16.1. The highest BCUT2D eigenvalue weighted by atomic mass is 16.5. The van der Waals surface area contributed by atoms with Crippen molar-refractivity contribution in [3.8, 4) is 5.75 Å². The van der Waals surface area contributed by atoms with Crippen LogP contribution in [0.25, 0.3) is 0 Å². The predicted octanol–water partition coefficient (Wildman–Crippen LogP) is 4.33. The van der Waals surface area contributed by atoms with Crippen LogP contribution in [0, 0.1) is 27.7 Å². The van der Waals surface area contributed by atoms with E-state index in [0.717, 1.165) is 22.6 Å². The molecule has 0 saturated carbocycles. The second-order valence-electron chi connectivity index (χ2n) is 5.84. The second-order valence-corrected chi connectivity index (χ2v) is 5.84. The molecule has 116 valence electrons. The number of aryl methyl sites for hydroxylation is 4. The number of hydrogen-bond acceptors (Lipinski definition) is 2. The van der Waals surface area contributed by atoms with Crippen molar-refractivity contribution < 1.29 is 9.53 Å². The molecular formula is C19H23NO2. The third-order valence-corrected chi connectivity index (χ3v) is 3.64. The maximum Gasteiger partial charge on any atom is 0.265 e. The van der Waals surface area contributed by atoms with Gasteiger partial charge in [0.05, 0.1) is 0 Å². The summed E-state index contributed by atoms with van der Waals surface area (Å²) >= 11 is 0. The summed E-state index contributed by atoms with van der Waals surface area (Å²) in [5.41, 5.74) is 5.26. The molecule has 0 aliphatic carbocycles. The van der Waals surface area contributed by atoms with Crippen molar-refractivity contribution in [3.63, 3.8) is 0 Å². The zero-order valence-electron chi connectivity index (χ0n) is 13.9. The normalized spacial score (nSPS) is 11.9. The molecule has 2 rings (SSSR count). The van der Waals surface area contributed by atoms with Crippen LogP contribution in [0.15, 0.2) is 36.4 Å². The van der Waals surface area contributed by atoms with Gasteiger partial charge in [0.1, 0.15) is 5.75 Å². The van der Waals surface area contributed by atoms with Crippen molar-refractivity contribution in [2.45, 2.75) is 40.7 Å². The van der Waals surface area contributed by atoms with Gasteiger partial charge in [-0.15, -0.1) is 0 Å². The third-order valence-electron chi connectivity index (χ3n) is 3.64. The molecule has 1 amide bonds. The largest absolute Gasteiger partial charge is 0.481 e. The Morgan fingerprint density at radius 2 is 1.55 bits per heavy atom. The molecule has 1 N–H and O–H groups in total. The van der Waals surface area contributed by atoms with E-state index in [1.54, 1.807) is 6.92 Å². The Kier molecular flexibility index (Phi) is 4.86. The van der Waals surface area contributed by atoms with Crippen molar-refractivity contribution in [1.29, 1.82) is 0 Å². The summed E-state index contributed by atoms with van der Waals surface area (Å²) in [5, 5.41) is 2.92. The van der Waals surface area contributed by atoms with Crippen molar-refractivity contribution in [1.82, 2.24) is 0 Å². The Morgan fingerprint density at radius 3 is 2.14 bits per heavy atom. The zero-order valence-corrected chi connectivity index (χ0v) is 13.9. The fourth-order valence-electron chi connectivity index (χ4n) is 2.36. The van der Waals surface area contributed by atoms with Gasteiger partial charge in [-0.1, -0.05) is 35.4 Å². The van der Waals surface area contributed by atoms with Crippen LogP contribution in [0.5, 0.6) is 5.75 Å². The van der Waals surface area contributed by atoms with E-state index >= 15 is 0 Å². The van der Waals surface area contributed by atoms with E-state index in [2.05, 4.69) is 5.32 Å². The molecule has 0 fully saturated rings. The van der Waals surface area contributed by atoms with Gasteiger partial charge in [0.15, 0.2) is 6.10 Å². The van der Waals surface area contributed by atoms with E-state index in [1.165, 1.54) is 11.1 Å². The fraction of sp³-hybridized carbons (Fsp3) is 0.316. The lowest BCUT2D eigenvalue weighted by atomic mass is 10.1. The molecule has 22 heavy (non-hydrogen) atoms. The first-order valence-corrected chi connectivity index (χ1v) is 7.49. The molecule has 3 nitrogen and oxygen atoms in total. The molecule has 2 aromatic carbocycles. The maximum atomic E-state index is 12.3. The molecule has 3 heteroatoms. The maximum absolute atomic E-state index is 12.3. The number of benzene rings is 2. The first-order chi connectivity index (χ1) is 10.4. The summed E-state index contributed by atoms with van der Waals surface area (Å²) in [6.45, 7) is 9.80. The quantitative estimate of drug-likeness (QED) is 0.912. The highest BCUT2D eigenvalue weighted by Crippen LogP contribution is 2.21. The van der Waals surface area contributed by atoms with E-state index in [4.69, 9.17) is 4.74 Å². The summed E-state index contributed by atoms with van der Waals surface area (Å²) in [5.74, 6) is 0.598. The Morgan fingerprint density at radius 1 is 0.955 bits per heavy atom. The molecule has 0 aromatic heterocycles. The average molecular weight is 297 g/mol. The number of nitrogens with one attached hydrogen (secondary N) is 1. The van der Waals surface area contributed by atoms with Crippen molar-refractivity contribution in [2.75, 3.05) is 5.32 Å². The van der Waals surface area contributed by atoms with Crippen molar-refractivity contribution >= 4 is 11.6 Å². The summed E-state index contributed by atoms with van der Waals surface area (Å²) in [7, 11) is 0. The summed E-state index contributed by atoms with van der Waals surface area (Å²) < 4.78 is 5.79. The molecular weight excluding hydrogens is 274 g/mol. The van der Waals surface area contributed by atoms with Crippen LogP contribution < -0.4 is 10.1 Å². The lowest BCUT2D eigenvalue weighted by Gasteiger charge is -2.17. The van der Waals surface area contributed by atoms with Gasteiger partial charge >= 0.3 is 0 Å². The van der Waals surface area contributed by atoms with E-state index in [-0.39, 0.29) is 5.91 Å². The predicted molar refractivity (Wildman–Crippen MR) is 90.6 cm³/mol. The molecule has 0 aliphatic heterocycles. The molecule has 0 radical (unpaired) electrons. The Balaban J connectivity index is 2.05. The SMILES string of the molecule is Cc1ccc(NC(=O)C(C)Oc2ccc(C)cc2C)c(C)c1. The van der Waals surface area contributed by atoms with Gasteiger partial charge in [0, 0.05) is 5.69 Å². The molecule has 1 unspecified atom stereocenters. The number of carbonyl (C=O) groups is 1. The van der Waals surface area contributed by atoms with Gasteiger partial charge in [0.25, 0.3) is 5.91 Å². The molecule has 0 aliphatic rings. The van der Waals surface area contributed by atoms with Gasteiger partial charge in [-0.2, -0.15) is 0 Å². The van der Waals surface area contributed by atoms with E-state index < -0.39 is 6.10 Å². The minimum absolute atomic E-state index is 0.146. The second kappa shape index (κ2) is 6.65. The van der Waals surface area contributed by atoms with Crippen LogP contribution in [0.4, 0.5) is 5.69 Å². The smallest absolute Gasteiger partial charge is 0.265 e. The molecule has 0 saturated heterocycles. The van der Waals surface area contributed by atoms with E-state index in [9.17, 15) is 4.79 Å². The minimum Gasteiger partial charge on any atom is -0.481 e. The van der Waals surface area contributed by atoms with E-state index in [1.807, 2.05) is 64.1 Å². The van der Waals surface area contributed by atoms with Gasteiger partial charge < -0.3 is 10.1 Å².